The van der Waals surface area contributed by atoms with E-state index in [9.17, 15) is 13.9 Å². The zero-order chi connectivity index (χ0) is 45.0. The predicted octanol–water partition coefficient (Wildman–Crippen LogP) is 9.89. The number of benzene rings is 4. The van der Waals surface area contributed by atoms with Gasteiger partial charge in [-0.3, -0.25) is 19.6 Å². The monoisotopic (exact) mass is 833 g/mol. The minimum absolute atomic E-state index is 0.0171. The van der Waals surface area contributed by atoms with Gasteiger partial charge in [-0.15, -0.1) is 37.3 Å². The first-order valence-corrected chi connectivity index (χ1v) is 20.4. The lowest BCUT2D eigenvalue weighted by Crippen LogP contribution is -2.34. The molecule has 1 N–H and O–H groups in total. The van der Waals surface area contributed by atoms with Crippen molar-refractivity contribution in [1.29, 1.82) is 0 Å². The fraction of sp³-hybridized carbons (Fsp3) is 0.385. The maximum absolute atomic E-state index is 14.0. The van der Waals surface area contributed by atoms with Gasteiger partial charge >= 0.3 is 0 Å². The number of aliphatic hydroxyl groups excluding tert-OH is 1. The number of aliphatic hydroxyl groups is 1. The van der Waals surface area contributed by atoms with Crippen LogP contribution in [0.25, 0.3) is 0 Å². The first-order chi connectivity index (χ1) is 28.7. The Bertz CT molecular complexity index is 1600. The summed E-state index contributed by atoms with van der Waals surface area (Å²) in [6.07, 6.45) is 18.4. The third-order valence-electron chi connectivity index (χ3n) is 10.4. The number of rotatable bonds is 16. The third-order valence-corrected chi connectivity index (χ3v) is 11.0. The molecule has 8 heteroatoms. The largest absolute Gasteiger partial charge is 0.387 e. The Morgan fingerprint density at radius 2 is 0.700 bits per heavy atom. The lowest BCUT2D eigenvalue weighted by atomic mass is 10.0. The highest BCUT2D eigenvalue weighted by Crippen LogP contribution is 2.27. The van der Waals surface area contributed by atoms with Gasteiger partial charge in [0.1, 0.15) is 12.3 Å². The van der Waals surface area contributed by atoms with Crippen molar-refractivity contribution in [2.75, 3.05) is 54.4 Å². The normalized spacial score (nSPS) is 14.6. The van der Waals surface area contributed by atoms with Crippen LogP contribution < -0.4 is 0 Å². The molecule has 0 bridgehead atoms. The van der Waals surface area contributed by atoms with Gasteiger partial charge in [-0.2, -0.15) is 0 Å². The highest BCUT2D eigenvalue weighted by molar-refractivity contribution is 6.21. The molecule has 0 spiro atoms. The summed E-state index contributed by atoms with van der Waals surface area (Å²) in [4.78, 5) is 7.69. The SMILES string of the molecule is C#CCN(C)[C@H](C)[C@@H](O)c1ccccc1.C#CCN(C)[C@H](C)[C@@H]([18F])c1ccccc1.C#CCN(C)[C@H](C)[C@H](Cl)c1ccccc1.C#CCN(C)[C@H](C)[C@H](F)c1ccccc1. The Kier molecular flexibility index (Phi) is 26.7. The Morgan fingerprint density at radius 1 is 0.450 bits per heavy atom. The van der Waals surface area contributed by atoms with E-state index in [0.29, 0.717) is 37.3 Å². The van der Waals surface area contributed by atoms with Crippen LogP contribution >= 0.6 is 11.6 Å². The summed E-state index contributed by atoms with van der Waals surface area (Å²) in [7, 11) is 7.57. The van der Waals surface area contributed by atoms with Crippen molar-refractivity contribution in [3.8, 4) is 49.4 Å². The molecule has 4 aromatic rings. The summed E-state index contributed by atoms with van der Waals surface area (Å²) in [6, 6.07) is 37.8. The van der Waals surface area contributed by atoms with E-state index < -0.39 is 18.4 Å². The topological polar surface area (TPSA) is 33.2 Å². The average molecular weight is 835 g/mol. The van der Waals surface area contributed by atoms with Crippen LogP contribution in [0.1, 0.15) is 73.8 Å². The van der Waals surface area contributed by atoms with Gasteiger partial charge < -0.3 is 5.11 Å². The molecule has 5 nitrogen and oxygen atoms in total. The summed E-state index contributed by atoms with van der Waals surface area (Å²) in [5.41, 5.74) is 3.46. The number of terminal acetylenes is 4. The van der Waals surface area contributed by atoms with Crippen molar-refractivity contribution in [2.45, 2.75) is 75.7 Å². The molecule has 0 amide bonds. The van der Waals surface area contributed by atoms with Crippen LogP contribution in [-0.4, -0.2) is 103 Å². The summed E-state index contributed by atoms with van der Waals surface area (Å²) in [5.74, 6) is 10.2. The van der Waals surface area contributed by atoms with Crippen LogP contribution in [-0.2, 0) is 0 Å². The molecule has 0 unspecified atom stereocenters. The van der Waals surface area contributed by atoms with E-state index in [4.69, 9.17) is 37.3 Å². The van der Waals surface area contributed by atoms with E-state index in [-0.39, 0.29) is 29.5 Å². The summed E-state index contributed by atoms with van der Waals surface area (Å²) >= 11 is 6.38. The van der Waals surface area contributed by atoms with E-state index in [2.05, 4.69) is 35.5 Å². The summed E-state index contributed by atoms with van der Waals surface area (Å²) < 4.78 is 28.0. The molecule has 0 aliphatic rings. The van der Waals surface area contributed by atoms with Crippen LogP contribution in [0.15, 0.2) is 121 Å². The van der Waals surface area contributed by atoms with Gasteiger partial charge in [0.05, 0.1) is 37.7 Å². The average Bonchev–Trinajstić information content (AvgIpc) is 3.29. The van der Waals surface area contributed by atoms with Crippen molar-refractivity contribution in [3.63, 3.8) is 0 Å². The van der Waals surface area contributed by atoms with E-state index in [1.807, 2.05) is 161 Å². The van der Waals surface area contributed by atoms with E-state index >= 15 is 0 Å². The molecule has 0 aliphatic carbocycles. The lowest BCUT2D eigenvalue weighted by Gasteiger charge is -2.27. The second-order valence-corrected chi connectivity index (χ2v) is 15.2. The Hall–Kier alpha value is -4.93. The van der Waals surface area contributed by atoms with Gasteiger partial charge in [-0.25, -0.2) is 8.78 Å². The minimum Gasteiger partial charge on any atom is -0.387 e. The highest BCUT2D eigenvalue weighted by atomic mass is 35.5. The first-order valence-electron chi connectivity index (χ1n) is 20.0. The molecule has 0 aromatic heterocycles. The Balaban J connectivity index is 0.000000400. The first kappa shape index (κ1) is 53.1. The fourth-order valence-corrected chi connectivity index (χ4v) is 6.08. The zero-order valence-electron chi connectivity index (χ0n) is 36.7. The molecule has 0 saturated heterocycles. The van der Waals surface area contributed by atoms with Gasteiger partial charge in [0.2, 0.25) is 0 Å². The third kappa shape index (κ3) is 19.0. The van der Waals surface area contributed by atoms with Crippen LogP contribution in [0, 0.1) is 49.4 Å². The van der Waals surface area contributed by atoms with Gasteiger partial charge in [0.25, 0.3) is 0 Å². The van der Waals surface area contributed by atoms with Crippen LogP contribution in [0.5, 0.6) is 0 Å². The van der Waals surface area contributed by atoms with Crippen LogP contribution in [0.2, 0.25) is 0 Å². The fourth-order valence-electron chi connectivity index (χ4n) is 5.74. The molecular formula is C52H65ClF2N4O. The second kappa shape index (κ2) is 30.1. The molecule has 4 rings (SSSR count). The molecule has 0 aliphatic heterocycles. The number of hydrogen-bond acceptors (Lipinski definition) is 5. The van der Waals surface area contributed by atoms with Gasteiger partial charge in [-0.05, 0) is 78.1 Å². The smallest absolute Gasteiger partial charge is 0.140 e. The molecular weight excluding hydrogens is 769 g/mol. The van der Waals surface area contributed by atoms with Crippen molar-refractivity contribution < 1.29 is 13.9 Å². The van der Waals surface area contributed by atoms with Gasteiger partial charge in [0, 0.05) is 24.2 Å². The number of hydrogen-bond donors (Lipinski definition) is 1. The number of likely N-dealkylation sites (N-methyl/N-ethyl adjacent to an activating group) is 4. The maximum atomic E-state index is 14.0. The van der Waals surface area contributed by atoms with Crippen molar-refractivity contribution in [3.05, 3.63) is 144 Å². The van der Waals surface area contributed by atoms with Crippen molar-refractivity contribution in [2.24, 2.45) is 0 Å². The molecule has 0 saturated carbocycles. The number of nitrogens with zero attached hydrogens (tertiary/aromatic N) is 4. The van der Waals surface area contributed by atoms with Gasteiger partial charge in [0.15, 0.2) is 0 Å². The standard InChI is InChI=1S/C13H16ClN.2C13H16FN.C13H17NO/c3*1-4-10-15(3)11(2)13(14)12-8-6-5-7-9-12;1-4-10-14(3)11(2)13(15)12-8-6-5-7-9-12/h3*1,5-9,11,13H,10H2,2-3H3;1,5-9,11,13,15H,10H2,2-3H3/t2*11-,13+;2*11-,13-/m1111/s1/i;;14-1;. The van der Waals surface area contributed by atoms with Crippen molar-refractivity contribution in [1.82, 2.24) is 19.6 Å². The number of halogens is 3. The second-order valence-electron chi connectivity index (χ2n) is 14.7. The molecule has 4 aromatic carbocycles. The Morgan fingerprint density at radius 3 is 1.00 bits per heavy atom. The van der Waals surface area contributed by atoms with Crippen LogP contribution in [0.3, 0.4) is 0 Å². The molecule has 0 heterocycles. The van der Waals surface area contributed by atoms with Gasteiger partial charge in [-0.1, -0.05) is 145 Å². The molecule has 8 atom stereocenters. The van der Waals surface area contributed by atoms with E-state index in [1.54, 1.807) is 24.3 Å². The van der Waals surface area contributed by atoms with Crippen molar-refractivity contribution >= 4 is 11.6 Å². The quantitative estimate of drug-likeness (QED) is 0.0899. The van der Waals surface area contributed by atoms with E-state index in [1.165, 1.54) is 0 Å². The zero-order valence-corrected chi connectivity index (χ0v) is 37.4. The summed E-state index contributed by atoms with van der Waals surface area (Å²) in [5, 5.41) is 10.1. The molecule has 60 heavy (non-hydrogen) atoms. The lowest BCUT2D eigenvalue weighted by molar-refractivity contribution is 0.0796. The predicted molar refractivity (Wildman–Crippen MR) is 251 cm³/mol. The summed E-state index contributed by atoms with van der Waals surface area (Å²) in [6.45, 7) is 9.84. The van der Waals surface area contributed by atoms with Crippen LogP contribution in [0.4, 0.5) is 8.78 Å². The maximum Gasteiger partial charge on any atom is 0.140 e. The van der Waals surface area contributed by atoms with E-state index in [0.717, 1.165) is 11.1 Å². The highest BCUT2D eigenvalue weighted by Gasteiger charge is 2.23. The molecule has 0 fully saturated rings. The molecule has 320 valence electrons. The molecule has 0 radical (unpaired) electrons. The number of alkyl halides is 3. The minimum atomic E-state index is -0.996. The Labute approximate surface area is 366 Å².